The molecule has 0 bridgehead atoms. The highest BCUT2D eigenvalue weighted by atomic mass is 16.7. The number of nitrogens with one attached hydrogen (secondary N) is 1. The van der Waals surface area contributed by atoms with Gasteiger partial charge in [0.05, 0.1) is 25.4 Å². The molecule has 51 heavy (non-hydrogen) atoms. The SMILES string of the molecule is CCCCCCCCCCCC/C=C/C(O)C(COC1OC(CO)C(O)C(O)C1O)NC(=O)C(O)CCCCCCCCCCCCCCCC. The molecule has 0 spiro atoms. The van der Waals surface area contributed by atoms with Crippen LogP contribution in [0.3, 0.4) is 0 Å². The monoisotopic (exact) mass is 730 g/mol. The number of carbonyl (C=O) groups excluding carboxylic acids is 1. The summed E-state index contributed by atoms with van der Waals surface area (Å²) in [6, 6.07) is -0.972. The Bertz CT molecular complexity index is 829. The van der Waals surface area contributed by atoms with Crippen molar-refractivity contribution in [2.75, 3.05) is 13.2 Å². The van der Waals surface area contributed by atoms with Crippen LogP contribution in [0.4, 0.5) is 0 Å². The lowest BCUT2D eigenvalue weighted by Gasteiger charge is -2.40. The molecule has 1 amide bonds. The van der Waals surface area contributed by atoms with Crippen LogP contribution in [0.2, 0.25) is 0 Å². The number of hydrogen-bond donors (Lipinski definition) is 7. The molecule has 1 heterocycles. The fourth-order valence-electron chi connectivity index (χ4n) is 6.69. The van der Waals surface area contributed by atoms with Gasteiger partial charge in [-0.1, -0.05) is 174 Å². The highest BCUT2D eigenvalue weighted by molar-refractivity contribution is 5.80. The van der Waals surface area contributed by atoms with E-state index in [1.54, 1.807) is 6.08 Å². The van der Waals surface area contributed by atoms with Gasteiger partial charge in [-0.15, -0.1) is 0 Å². The number of rotatable bonds is 34. The first-order chi connectivity index (χ1) is 24.8. The van der Waals surface area contributed by atoms with E-state index < -0.39 is 61.5 Å². The predicted molar refractivity (Wildman–Crippen MR) is 204 cm³/mol. The molecule has 0 aromatic heterocycles. The predicted octanol–water partition coefficient (Wildman–Crippen LogP) is 6.75. The van der Waals surface area contributed by atoms with Crippen molar-refractivity contribution in [2.24, 2.45) is 0 Å². The summed E-state index contributed by atoms with van der Waals surface area (Å²) in [5.74, 6) is -0.616. The van der Waals surface area contributed by atoms with Crippen LogP contribution in [0.5, 0.6) is 0 Å². The van der Waals surface area contributed by atoms with E-state index in [1.165, 1.54) is 116 Å². The average molecular weight is 730 g/mol. The van der Waals surface area contributed by atoms with Crippen LogP contribution < -0.4 is 5.32 Å². The Hall–Kier alpha value is -1.11. The Kier molecular flexibility index (Phi) is 30.4. The van der Waals surface area contributed by atoms with Crippen molar-refractivity contribution in [3.63, 3.8) is 0 Å². The number of aliphatic hydroxyl groups excluding tert-OH is 6. The van der Waals surface area contributed by atoms with Crippen LogP contribution in [0.25, 0.3) is 0 Å². The molecule has 8 unspecified atom stereocenters. The number of unbranched alkanes of at least 4 members (excludes halogenated alkanes) is 23. The maximum absolute atomic E-state index is 13.0. The molecule has 0 saturated carbocycles. The van der Waals surface area contributed by atoms with E-state index in [9.17, 15) is 35.4 Å². The number of amides is 1. The Morgan fingerprint density at radius 1 is 0.667 bits per heavy atom. The fraction of sp³-hybridized carbons (Fsp3) is 0.927. The van der Waals surface area contributed by atoms with Crippen molar-refractivity contribution >= 4 is 5.91 Å². The van der Waals surface area contributed by atoms with Crippen LogP contribution in [0.15, 0.2) is 12.2 Å². The van der Waals surface area contributed by atoms with Gasteiger partial charge in [0.1, 0.15) is 30.5 Å². The van der Waals surface area contributed by atoms with Crippen molar-refractivity contribution in [1.29, 1.82) is 0 Å². The molecule has 10 nitrogen and oxygen atoms in total. The second-order valence-electron chi connectivity index (χ2n) is 14.9. The summed E-state index contributed by atoms with van der Waals surface area (Å²) in [5, 5.41) is 64.4. The highest BCUT2D eigenvalue weighted by Crippen LogP contribution is 2.22. The van der Waals surface area contributed by atoms with E-state index in [0.717, 1.165) is 44.9 Å². The Morgan fingerprint density at radius 3 is 1.59 bits per heavy atom. The normalized spacial score (nSPS) is 22.7. The maximum Gasteiger partial charge on any atom is 0.249 e. The maximum atomic E-state index is 13.0. The zero-order valence-corrected chi connectivity index (χ0v) is 32.5. The molecule has 1 aliphatic heterocycles. The van der Waals surface area contributed by atoms with Gasteiger partial charge in [0, 0.05) is 0 Å². The molecule has 7 N–H and O–H groups in total. The molecule has 0 aliphatic carbocycles. The van der Waals surface area contributed by atoms with Crippen molar-refractivity contribution in [1.82, 2.24) is 5.32 Å². The van der Waals surface area contributed by atoms with Crippen LogP contribution in [0, 0.1) is 0 Å². The largest absolute Gasteiger partial charge is 0.394 e. The number of ether oxygens (including phenoxy) is 2. The van der Waals surface area contributed by atoms with Gasteiger partial charge in [-0.3, -0.25) is 4.79 Å². The Labute approximate surface area is 310 Å². The van der Waals surface area contributed by atoms with E-state index in [2.05, 4.69) is 19.2 Å². The summed E-state index contributed by atoms with van der Waals surface area (Å²) in [7, 11) is 0. The fourth-order valence-corrected chi connectivity index (χ4v) is 6.69. The first kappa shape index (κ1) is 47.9. The molecule has 0 aromatic rings. The molecule has 1 fully saturated rings. The van der Waals surface area contributed by atoms with E-state index in [4.69, 9.17) is 9.47 Å². The molecular formula is C41H79NO9. The van der Waals surface area contributed by atoms with Gasteiger partial charge in [0.25, 0.3) is 0 Å². The van der Waals surface area contributed by atoms with E-state index in [0.29, 0.717) is 6.42 Å². The molecule has 0 aromatic carbocycles. The quantitative estimate of drug-likeness (QED) is 0.0280. The van der Waals surface area contributed by atoms with Gasteiger partial charge in [0.15, 0.2) is 6.29 Å². The van der Waals surface area contributed by atoms with E-state index in [1.807, 2.05) is 6.08 Å². The van der Waals surface area contributed by atoms with Crippen molar-refractivity contribution in [3.05, 3.63) is 12.2 Å². The minimum atomic E-state index is -1.60. The van der Waals surface area contributed by atoms with Gasteiger partial charge in [-0.05, 0) is 19.3 Å². The first-order valence-electron chi connectivity index (χ1n) is 21.0. The third-order valence-corrected chi connectivity index (χ3v) is 10.2. The number of allylic oxidation sites excluding steroid dienone is 1. The van der Waals surface area contributed by atoms with E-state index >= 15 is 0 Å². The molecule has 302 valence electrons. The molecule has 8 atom stereocenters. The molecule has 1 aliphatic rings. The Balaban J connectivity index is 2.47. The third-order valence-electron chi connectivity index (χ3n) is 10.2. The van der Waals surface area contributed by atoms with Crippen LogP contribution in [-0.4, -0.2) is 98.7 Å². The van der Waals surface area contributed by atoms with Gasteiger partial charge in [0.2, 0.25) is 5.91 Å². The van der Waals surface area contributed by atoms with Crippen LogP contribution in [0.1, 0.15) is 181 Å². The lowest BCUT2D eigenvalue weighted by molar-refractivity contribution is -0.302. The van der Waals surface area contributed by atoms with Crippen molar-refractivity contribution in [3.8, 4) is 0 Å². The van der Waals surface area contributed by atoms with Gasteiger partial charge < -0.3 is 45.4 Å². The Morgan fingerprint density at radius 2 is 1.12 bits per heavy atom. The summed E-state index contributed by atoms with van der Waals surface area (Å²) < 4.78 is 11.1. The molecule has 10 heteroatoms. The van der Waals surface area contributed by atoms with E-state index in [-0.39, 0.29) is 6.61 Å². The number of aliphatic hydroxyl groups is 6. The minimum Gasteiger partial charge on any atom is -0.394 e. The van der Waals surface area contributed by atoms with Crippen LogP contribution >= 0.6 is 0 Å². The number of hydrogen-bond acceptors (Lipinski definition) is 9. The second kappa shape index (κ2) is 32.3. The third kappa shape index (κ3) is 23.3. The topological polar surface area (TPSA) is 169 Å². The number of carbonyl (C=O) groups is 1. The molecular weight excluding hydrogens is 650 g/mol. The summed E-state index contributed by atoms with van der Waals surface area (Å²) in [5.41, 5.74) is 0. The molecule has 1 saturated heterocycles. The smallest absolute Gasteiger partial charge is 0.249 e. The first-order valence-corrected chi connectivity index (χ1v) is 21.0. The summed E-state index contributed by atoms with van der Waals surface area (Å²) in [4.78, 5) is 13.0. The summed E-state index contributed by atoms with van der Waals surface area (Å²) >= 11 is 0. The highest BCUT2D eigenvalue weighted by Gasteiger charge is 2.44. The lowest BCUT2D eigenvalue weighted by atomic mass is 9.99. The van der Waals surface area contributed by atoms with Crippen LogP contribution in [-0.2, 0) is 14.3 Å². The molecule has 0 radical (unpaired) electrons. The van der Waals surface area contributed by atoms with Gasteiger partial charge in [-0.2, -0.15) is 0 Å². The van der Waals surface area contributed by atoms with Crippen molar-refractivity contribution in [2.45, 2.75) is 230 Å². The van der Waals surface area contributed by atoms with Crippen molar-refractivity contribution < 1.29 is 44.9 Å². The van der Waals surface area contributed by atoms with Gasteiger partial charge in [-0.25, -0.2) is 0 Å². The zero-order chi connectivity index (χ0) is 37.5. The van der Waals surface area contributed by atoms with Gasteiger partial charge >= 0.3 is 0 Å². The standard InChI is InChI=1S/C41H79NO9/c1-3-5-7-9-11-13-15-17-18-20-22-24-26-28-30-35(45)40(49)42-33(32-50-41-39(48)38(47)37(46)36(31-43)51-41)34(44)29-27-25-23-21-19-16-14-12-10-8-6-4-2/h27,29,33-39,41,43-48H,3-26,28,30-32H2,1-2H3,(H,42,49)/b29-27+. The summed E-state index contributed by atoms with van der Waals surface area (Å²) in [6.45, 7) is 3.58. The zero-order valence-electron chi connectivity index (χ0n) is 32.5. The minimum absolute atomic E-state index is 0.302. The molecule has 1 rings (SSSR count). The lowest BCUT2D eigenvalue weighted by Crippen LogP contribution is -2.60. The second-order valence-corrected chi connectivity index (χ2v) is 14.9. The average Bonchev–Trinajstić information content (AvgIpc) is 3.13. The summed E-state index contributed by atoms with van der Waals surface area (Å²) in [6.07, 6.45) is 24.4.